The van der Waals surface area contributed by atoms with Gasteiger partial charge >= 0.3 is 0 Å². The van der Waals surface area contributed by atoms with Crippen LogP contribution in [0.25, 0.3) is 0 Å². The molecule has 7 nitrogen and oxygen atoms in total. The van der Waals surface area contributed by atoms with Gasteiger partial charge in [0.2, 0.25) is 21.8 Å². The maximum atomic E-state index is 12.3. The first kappa shape index (κ1) is 17.4. The van der Waals surface area contributed by atoms with E-state index in [0.29, 0.717) is 25.2 Å². The van der Waals surface area contributed by atoms with E-state index in [4.69, 9.17) is 0 Å². The third-order valence-corrected chi connectivity index (χ3v) is 5.15. The van der Waals surface area contributed by atoms with Crippen LogP contribution in [0.5, 0.6) is 0 Å². The lowest BCUT2D eigenvalue weighted by atomic mass is 9.90. The highest BCUT2D eigenvalue weighted by Gasteiger charge is 2.30. The van der Waals surface area contributed by atoms with Crippen LogP contribution in [0, 0.1) is 0 Å². The largest absolute Gasteiger partial charge is 0.356 e. The first-order valence-corrected chi connectivity index (χ1v) is 9.21. The third kappa shape index (κ3) is 4.52. The topological polar surface area (TPSA) is 95.6 Å². The first-order chi connectivity index (χ1) is 10.8. The minimum absolute atomic E-state index is 0.117. The van der Waals surface area contributed by atoms with Crippen LogP contribution in [0.3, 0.4) is 0 Å². The second kappa shape index (κ2) is 7.10. The van der Waals surface area contributed by atoms with Gasteiger partial charge < -0.3 is 10.6 Å². The molecular formula is C15H21N3O4S. The zero-order chi connectivity index (χ0) is 17.0. The summed E-state index contributed by atoms with van der Waals surface area (Å²) in [6.07, 6.45) is 1.77. The molecule has 2 rings (SSSR count). The quantitative estimate of drug-likeness (QED) is 0.738. The summed E-state index contributed by atoms with van der Waals surface area (Å²) >= 11 is 0. The van der Waals surface area contributed by atoms with Crippen molar-refractivity contribution < 1.29 is 18.0 Å². The highest BCUT2D eigenvalue weighted by molar-refractivity contribution is 7.88. The standard InChI is InChI=1S/C15H21N3O4S/c1-18(23(2,21)22)9-5-8-16-15(20)12-10-14(19)17-13-7-4-3-6-11(12)13/h3-4,6-7,12H,5,8-10H2,1-2H3,(H,16,20)(H,17,19)/t12-/m1/s1. The fourth-order valence-electron chi connectivity index (χ4n) is 2.45. The molecule has 1 aromatic rings. The Balaban J connectivity index is 1.90. The van der Waals surface area contributed by atoms with Gasteiger partial charge in [-0.3, -0.25) is 9.59 Å². The summed E-state index contributed by atoms with van der Waals surface area (Å²) in [7, 11) is -1.70. The second-order valence-corrected chi connectivity index (χ2v) is 7.71. The highest BCUT2D eigenvalue weighted by Crippen LogP contribution is 2.31. The van der Waals surface area contributed by atoms with E-state index in [1.54, 1.807) is 12.1 Å². The molecule has 0 bridgehead atoms. The summed E-state index contributed by atoms with van der Waals surface area (Å²) in [5.74, 6) is -0.900. The molecule has 0 saturated carbocycles. The maximum Gasteiger partial charge on any atom is 0.228 e. The summed E-state index contributed by atoms with van der Waals surface area (Å²) in [5, 5.41) is 5.53. The molecule has 1 aliphatic rings. The normalized spacial score (nSPS) is 17.5. The number of amides is 2. The molecule has 0 aromatic heterocycles. The Morgan fingerprint density at radius 3 is 2.78 bits per heavy atom. The molecule has 2 N–H and O–H groups in total. The van der Waals surface area contributed by atoms with Gasteiger partial charge in [-0.1, -0.05) is 18.2 Å². The van der Waals surface area contributed by atoms with Crippen molar-refractivity contribution in [3.05, 3.63) is 29.8 Å². The van der Waals surface area contributed by atoms with E-state index < -0.39 is 15.9 Å². The Kier molecular flexibility index (Phi) is 5.38. The van der Waals surface area contributed by atoms with Gasteiger partial charge in [0, 0.05) is 32.2 Å². The molecule has 1 aromatic carbocycles. The number of anilines is 1. The van der Waals surface area contributed by atoms with Crippen molar-refractivity contribution in [3.63, 3.8) is 0 Å². The molecular weight excluding hydrogens is 318 g/mol. The first-order valence-electron chi connectivity index (χ1n) is 7.37. The molecule has 126 valence electrons. The monoisotopic (exact) mass is 339 g/mol. The van der Waals surface area contributed by atoms with Gasteiger partial charge in [0.1, 0.15) is 0 Å². The zero-order valence-electron chi connectivity index (χ0n) is 13.2. The fourth-order valence-corrected chi connectivity index (χ4v) is 2.91. The van der Waals surface area contributed by atoms with Gasteiger partial charge in [-0.05, 0) is 18.1 Å². The number of benzene rings is 1. The van der Waals surface area contributed by atoms with Gasteiger partial charge in [-0.25, -0.2) is 12.7 Å². The van der Waals surface area contributed by atoms with E-state index in [0.717, 1.165) is 11.8 Å². The van der Waals surface area contributed by atoms with Crippen molar-refractivity contribution in [2.75, 3.05) is 31.7 Å². The van der Waals surface area contributed by atoms with Crippen molar-refractivity contribution >= 4 is 27.5 Å². The summed E-state index contributed by atoms with van der Waals surface area (Å²) < 4.78 is 23.8. The lowest BCUT2D eigenvalue weighted by molar-refractivity contribution is -0.126. The molecule has 8 heteroatoms. The molecule has 1 aliphatic heterocycles. The second-order valence-electron chi connectivity index (χ2n) is 5.62. The van der Waals surface area contributed by atoms with Crippen LogP contribution in [0.2, 0.25) is 0 Å². The van der Waals surface area contributed by atoms with E-state index in [-0.39, 0.29) is 18.2 Å². The lowest BCUT2D eigenvalue weighted by Gasteiger charge is -2.24. The van der Waals surface area contributed by atoms with Crippen LogP contribution in [-0.2, 0) is 19.6 Å². The van der Waals surface area contributed by atoms with Gasteiger partial charge in [0.25, 0.3) is 0 Å². The summed E-state index contributed by atoms with van der Waals surface area (Å²) in [6, 6.07) is 7.24. The summed E-state index contributed by atoms with van der Waals surface area (Å²) in [5.41, 5.74) is 1.47. The number of carbonyl (C=O) groups is 2. The van der Waals surface area contributed by atoms with Crippen molar-refractivity contribution in [1.29, 1.82) is 0 Å². The van der Waals surface area contributed by atoms with Crippen molar-refractivity contribution in [3.8, 4) is 0 Å². The Morgan fingerprint density at radius 2 is 2.09 bits per heavy atom. The van der Waals surface area contributed by atoms with Crippen molar-refractivity contribution in [2.45, 2.75) is 18.8 Å². The Labute approximate surface area is 136 Å². The smallest absolute Gasteiger partial charge is 0.228 e. The zero-order valence-corrected chi connectivity index (χ0v) is 14.0. The number of nitrogens with zero attached hydrogens (tertiary/aromatic N) is 1. The number of para-hydroxylation sites is 1. The van der Waals surface area contributed by atoms with Crippen LogP contribution in [-0.4, -0.2) is 50.9 Å². The van der Waals surface area contributed by atoms with Crippen LogP contribution in [0.4, 0.5) is 5.69 Å². The average molecular weight is 339 g/mol. The van der Waals surface area contributed by atoms with Crippen LogP contribution >= 0.6 is 0 Å². The molecule has 0 radical (unpaired) electrons. The van der Waals surface area contributed by atoms with Crippen LogP contribution < -0.4 is 10.6 Å². The minimum Gasteiger partial charge on any atom is -0.356 e. The van der Waals surface area contributed by atoms with Crippen LogP contribution in [0.15, 0.2) is 24.3 Å². The number of hydrogen-bond donors (Lipinski definition) is 2. The molecule has 0 spiro atoms. The van der Waals surface area contributed by atoms with E-state index >= 15 is 0 Å². The van der Waals surface area contributed by atoms with E-state index in [9.17, 15) is 18.0 Å². The number of hydrogen-bond acceptors (Lipinski definition) is 4. The predicted molar refractivity (Wildman–Crippen MR) is 87.5 cm³/mol. The SMILES string of the molecule is CN(CCCNC(=O)[C@@H]1CC(=O)Nc2ccccc21)S(C)(=O)=O. The van der Waals surface area contributed by atoms with Crippen molar-refractivity contribution in [2.24, 2.45) is 0 Å². The minimum atomic E-state index is -3.20. The molecule has 0 fully saturated rings. The number of rotatable bonds is 6. The highest BCUT2D eigenvalue weighted by atomic mass is 32.2. The summed E-state index contributed by atoms with van der Waals surface area (Å²) in [4.78, 5) is 24.0. The predicted octanol–water partition coefficient (Wildman–Crippen LogP) is 0.510. The lowest BCUT2D eigenvalue weighted by Crippen LogP contribution is -2.36. The molecule has 23 heavy (non-hydrogen) atoms. The van der Waals surface area contributed by atoms with Crippen LogP contribution in [0.1, 0.15) is 24.3 Å². The fraction of sp³-hybridized carbons (Fsp3) is 0.467. The molecule has 0 aliphatic carbocycles. The average Bonchev–Trinajstić information content (AvgIpc) is 2.49. The number of nitrogens with one attached hydrogen (secondary N) is 2. The Morgan fingerprint density at radius 1 is 1.39 bits per heavy atom. The van der Waals surface area contributed by atoms with E-state index in [2.05, 4.69) is 10.6 Å². The van der Waals surface area contributed by atoms with Gasteiger partial charge in [-0.2, -0.15) is 0 Å². The van der Waals surface area contributed by atoms with Gasteiger partial charge in [-0.15, -0.1) is 0 Å². The molecule has 0 saturated heterocycles. The molecule has 0 unspecified atom stereocenters. The number of carbonyl (C=O) groups excluding carboxylic acids is 2. The maximum absolute atomic E-state index is 12.3. The number of sulfonamides is 1. The van der Waals surface area contributed by atoms with E-state index in [1.165, 1.54) is 11.4 Å². The van der Waals surface area contributed by atoms with Gasteiger partial charge in [0.15, 0.2) is 0 Å². The number of fused-ring (bicyclic) bond motifs is 1. The van der Waals surface area contributed by atoms with Crippen molar-refractivity contribution in [1.82, 2.24) is 9.62 Å². The molecule has 1 atom stereocenters. The summed E-state index contributed by atoms with van der Waals surface area (Å²) in [6.45, 7) is 0.694. The third-order valence-electron chi connectivity index (χ3n) is 3.83. The Bertz CT molecular complexity index is 702. The van der Waals surface area contributed by atoms with Gasteiger partial charge in [0.05, 0.1) is 12.2 Å². The van der Waals surface area contributed by atoms with E-state index in [1.807, 2.05) is 12.1 Å². The molecule has 2 amide bonds. The Hall–Kier alpha value is -1.93. The molecule has 1 heterocycles.